The van der Waals surface area contributed by atoms with E-state index in [0.29, 0.717) is 6.54 Å². The molecule has 90 valence electrons. The summed E-state index contributed by atoms with van der Waals surface area (Å²) in [6.45, 7) is 7.99. The van der Waals surface area contributed by atoms with Crippen molar-refractivity contribution in [2.45, 2.75) is 39.0 Å². The van der Waals surface area contributed by atoms with Gasteiger partial charge in [0.05, 0.1) is 6.04 Å². The van der Waals surface area contributed by atoms with Crippen LogP contribution >= 0.6 is 0 Å². The molecular formula is C10H22N2O2S. The Kier molecular flexibility index (Phi) is 5.45. The molecule has 1 amide bonds. The highest BCUT2D eigenvalue weighted by atomic mass is 32.2. The van der Waals surface area contributed by atoms with Crippen molar-refractivity contribution >= 4 is 16.7 Å². The molecule has 0 saturated carbocycles. The summed E-state index contributed by atoms with van der Waals surface area (Å²) in [4.78, 5) is 11.6. The summed E-state index contributed by atoms with van der Waals surface area (Å²) < 4.78 is 11.1. The Hall–Kier alpha value is -0.420. The maximum atomic E-state index is 11.6. The van der Waals surface area contributed by atoms with Gasteiger partial charge in [-0.25, -0.2) is 0 Å². The average molecular weight is 234 g/mol. The average Bonchev–Trinajstić information content (AvgIpc) is 2.10. The molecule has 0 aromatic rings. The lowest BCUT2D eigenvalue weighted by atomic mass is 9.87. The standard InChI is InChI=1S/C10H22N2O2S/c1-7(15(5)14)6-12-9(13)8(11)10(2,3)4/h7-8H,6,11H2,1-5H3,(H,12,13). The second-order valence-corrected chi connectivity index (χ2v) is 6.70. The minimum Gasteiger partial charge on any atom is -0.354 e. The fourth-order valence-electron chi connectivity index (χ4n) is 0.865. The largest absolute Gasteiger partial charge is 0.354 e. The molecule has 0 aromatic carbocycles. The molecule has 0 radical (unpaired) electrons. The van der Waals surface area contributed by atoms with Gasteiger partial charge in [-0.2, -0.15) is 0 Å². The van der Waals surface area contributed by atoms with Crippen molar-refractivity contribution in [1.82, 2.24) is 5.32 Å². The van der Waals surface area contributed by atoms with E-state index in [-0.39, 0.29) is 16.6 Å². The van der Waals surface area contributed by atoms with E-state index in [1.807, 2.05) is 27.7 Å². The quantitative estimate of drug-likeness (QED) is 0.732. The van der Waals surface area contributed by atoms with E-state index >= 15 is 0 Å². The molecule has 0 aromatic heterocycles. The molecule has 3 atom stereocenters. The van der Waals surface area contributed by atoms with Gasteiger partial charge in [-0.1, -0.05) is 20.8 Å². The number of nitrogens with one attached hydrogen (secondary N) is 1. The van der Waals surface area contributed by atoms with Crippen LogP contribution in [0.5, 0.6) is 0 Å². The van der Waals surface area contributed by atoms with Crippen LogP contribution in [0.2, 0.25) is 0 Å². The Balaban J connectivity index is 4.11. The van der Waals surface area contributed by atoms with Gasteiger partial charge >= 0.3 is 0 Å². The van der Waals surface area contributed by atoms with Crippen molar-refractivity contribution in [3.8, 4) is 0 Å². The van der Waals surface area contributed by atoms with Gasteiger partial charge in [0.15, 0.2) is 0 Å². The second kappa shape index (κ2) is 5.61. The summed E-state index contributed by atoms with van der Waals surface area (Å²) in [6.07, 6.45) is 1.63. The molecular weight excluding hydrogens is 212 g/mol. The number of carbonyl (C=O) groups is 1. The predicted molar refractivity (Wildman–Crippen MR) is 64.0 cm³/mol. The monoisotopic (exact) mass is 234 g/mol. The first kappa shape index (κ1) is 14.6. The Morgan fingerprint density at radius 2 is 1.93 bits per heavy atom. The number of hydrogen-bond donors (Lipinski definition) is 2. The van der Waals surface area contributed by atoms with Crippen molar-refractivity contribution in [2.24, 2.45) is 11.1 Å². The number of carbonyl (C=O) groups excluding carboxylic acids is 1. The van der Waals surface area contributed by atoms with Gasteiger partial charge in [0.25, 0.3) is 0 Å². The smallest absolute Gasteiger partial charge is 0.237 e. The van der Waals surface area contributed by atoms with Crippen LogP contribution in [-0.2, 0) is 15.6 Å². The van der Waals surface area contributed by atoms with Crippen LogP contribution in [0.4, 0.5) is 0 Å². The summed E-state index contributed by atoms with van der Waals surface area (Å²) in [5.74, 6) is -0.181. The lowest BCUT2D eigenvalue weighted by molar-refractivity contribution is -0.124. The first-order valence-corrected chi connectivity index (χ1v) is 6.64. The number of hydrogen-bond acceptors (Lipinski definition) is 3. The van der Waals surface area contributed by atoms with Crippen LogP contribution in [0.25, 0.3) is 0 Å². The molecule has 0 rings (SSSR count). The summed E-state index contributed by atoms with van der Waals surface area (Å²) in [6, 6.07) is -0.532. The fourth-order valence-corrected chi connectivity index (χ4v) is 1.18. The highest BCUT2D eigenvalue weighted by molar-refractivity contribution is 7.84. The molecule has 0 aliphatic rings. The van der Waals surface area contributed by atoms with Gasteiger partial charge in [-0.05, 0) is 12.3 Å². The number of nitrogens with two attached hydrogens (primary N) is 1. The molecule has 15 heavy (non-hydrogen) atoms. The van der Waals surface area contributed by atoms with Crippen molar-refractivity contribution < 1.29 is 9.00 Å². The third kappa shape index (κ3) is 5.28. The third-order valence-electron chi connectivity index (χ3n) is 2.35. The highest BCUT2D eigenvalue weighted by Gasteiger charge is 2.27. The van der Waals surface area contributed by atoms with Crippen LogP contribution in [0.1, 0.15) is 27.7 Å². The van der Waals surface area contributed by atoms with Crippen molar-refractivity contribution in [1.29, 1.82) is 0 Å². The van der Waals surface area contributed by atoms with Crippen LogP contribution in [-0.4, -0.2) is 34.2 Å². The molecule has 0 fully saturated rings. The third-order valence-corrected chi connectivity index (χ3v) is 3.65. The Morgan fingerprint density at radius 1 is 1.47 bits per heavy atom. The van der Waals surface area contributed by atoms with Gasteiger partial charge in [0.2, 0.25) is 5.91 Å². The zero-order chi connectivity index (χ0) is 12.2. The molecule has 0 heterocycles. The first-order valence-electron chi connectivity index (χ1n) is 5.01. The predicted octanol–water partition coefficient (Wildman–Crippen LogP) is 0.243. The van der Waals surface area contributed by atoms with E-state index in [1.54, 1.807) is 6.26 Å². The molecule has 5 heteroatoms. The molecule has 4 nitrogen and oxygen atoms in total. The second-order valence-electron chi connectivity index (χ2n) is 4.90. The number of amides is 1. The van der Waals surface area contributed by atoms with E-state index in [4.69, 9.17) is 5.73 Å². The Labute approximate surface area is 94.4 Å². The summed E-state index contributed by atoms with van der Waals surface area (Å²) in [5.41, 5.74) is 5.52. The van der Waals surface area contributed by atoms with Crippen LogP contribution < -0.4 is 11.1 Å². The van der Waals surface area contributed by atoms with E-state index in [9.17, 15) is 9.00 Å². The normalized spacial score (nSPS) is 18.0. The SMILES string of the molecule is CC(CNC(=O)C(N)C(C)(C)C)S(C)=O. The zero-order valence-corrected chi connectivity index (χ0v) is 11.0. The molecule has 0 aliphatic heterocycles. The zero-order valence-electron chi connectivity index (χ0n) is 10.2. The van der Waals surface area contributed by atoms with Gasteiger partial charge in [-0.15, -0.1) is 0 Å². The molecule has 0 aliphatic carbocycles. The van der Waals surface area contributed by atoms with Crippen LogP contribution in [0.15, 0.2) is 0 Å². The highest BCUT2D eigenvalue weighted by Crippen LogP contribution is 2.17. The van der Waals surface area contributed by atoms with E-state index in [0.717, 1.165) is 0 Å². The molecule has 0 saturated heterocycles. The topological polar surface area (TPSA) is 72.2 Å². The molecule has 0 spiro atoms. The van der Waals surface area contributed by atoms with Gasteiger partial charge in [0.1, 0.15) is 0 Å². The fraction of sp³-hybridized carbons (Fsp3) is 0.900. The van der Waals surface area contributed by atoms with Crippen LogP contribution in [0.3, 0.4) is 0 Å². The van der Waals surface area contributed by atoms with E-state index in [2.05, 4.69) is 5.32 Å². The van der Waals surface area contributed by atoms with E-state index < -0.39 is 16.8 Å². The van der Waals surface area contributed by atoms with E-state index in [1.165, 1.54) is 0 Å². The lowest BCUT2D eigenvalue weighted by Crippen LogP contribution is -2.50. The minimum absolute atomic E-state index is 0.0406. The Morgan fingerprint density at radius 3 is 2.27 bits per heavy atom. The van der Waals surface area contributed by atoms with Crippen molar-refractivity contribution in [3.05, 3.63) is 0 Å². The number of rotatable bonds is 4. The maximum absolute atomic E-state index is 11.6. The molecule has 3 unspecified atom stereocenters. The molecule has 3 N–H and O–H groups in total. The Bertz CT molecular complexity index is 248. The minimum atomic E-state index is -0.917. The summed E-state index contributed by atoms with van der Waals surface area (Å²) in [5, 5.41) is 2.67. The van der Waals surface area contributed by atoms with Gasteiger partial charge in [0, 0.05) is 28.9 Å². The van der Waals surface area contributed by atoms with Crippen molar-refractivity contribution in [3.63, 3.8) is 0 Å². The lowest BCUT2D eigenvalue weighted by Gasteiger charge is -2.26. The van der Waals surface area contributed by atoms with Crippen molar-refractivity contribution in [2.75, 3.05) is 12.8 Å². The molecule has 0 bridgehead atoms. The summed E-state index contributed by atoms with van der Waals surface area (Å²) in [7, 11) is -0.917. The maximum Gasteiger partial charge on any atom is 0.237 e. The van der Waals surface area contributed by atoms with Gasteiger partial charge < -0.3 is 11.1 Å². The summed E-state index contributed by atoms with van der Waals surface area (Å²) >= 11 is 0. The van der Waals surface area contributed by atoms with Gasteiger partial charge in [-0.3, -0.25) is 9.00 Å². The van der Waals surface area contributed by atoms with Crippen LogP contribution in [0, 0.1) is 5.41 Å². The first-order chi connectivity index (χ1) is 6.66.